The molecule has 0 spiro atoms. The summed E-state index contributed by atoms with van der Waals surface area (Å²) in [6, 6.07) is 4.16. The number of hydrogen-bond acceptors (Lipinski definition) is 5. The SMILES string of the molecule is COC(=O)[C@@H](Cc1cnc[nH]1)NS(=O)(=O)Cc1cccc(F)c1. The van der Waals surface area contributed by atoms with E-state index in [-0.39, 0.29) is 12.0 Å². The topological polar surface area (TPSA) is 101 Å². The average molecular weight is 341 g/mol. The van der Waals surface area contributed by atoms with Crippen LogP contribution in [-0.2, 0) is 31.7 Å². The average Bonchev–Trinajstić information content (AvgIpc) is 2.98. The van der Waals surface area contributed by atoms with E-state index < -0.39 is 33.6 Å². The third-order valence-electron chi connectivity index (χ3n) is 3.03. The Hall–Kier alpha value is -2.26. The third-order valence-corrected chi connectivity index (χ3v) is 4.39. The van der Waals surface area contributed by atoms with Crippen molar-refractivity contribution in [3.05, 3.63) is 53.9 Å². The van der Waals surface area contributed by atoms with Crippen molar-refractivity contribution in [2.24, 2.45) is 0 Å². The molecule has 0 aliphatic heterocycles. The summed E-state index contributed by atoms with van der Waals surface area (Å²) in [4.78, 5) is 18.4. The van der Waals surface area contributed by atoms with Gasteiger partial charge in [0.05, 0.1) is 19.2 Å². The van der Waals surface area contributed by atoms with Crippen molar-refractivity contribution >= 4 is 16.0 Å². The van der Waals surface area contributed by atoms with E-state index in [0.717, 1.165) is 6.07 Å². The molecule has 9 heteroatoms. The number of rotatable bonds is 7. The maximum Gasteiger partial charge on any atom is 0.324 e. The Morgan fingerprint density at radius 2 is 2.26 bits per heavy atom. The first-order valence-electron chi connectivity index (χ1n) is 6.69. The molecule has 2 rings (SSSR count). The van der Waals surface area contributed by atoms with Crippen LogP contribution in [-0.4, -0.2) is 37.5 Å². The van der Waals surface area contributed by atoms with E-state index in [1.807, 2.05) is 0 Å². The number of aromatic nitrogens is 2. The van der Waals surface area contributed by atoms with Crippen molar-refractivity contribution in [1.82, 2.24) is 14.7 Å². The molecule has 0 fully saturated rings. The van der Waals surface area contributed by atoms with Crippen molar-refractivity contribution in [3.8, 4) is 0 Å². The largest absolute Gasteiger partial charge is 0.468 e. The number of benzene rings is 1. The molecule has 0 aliphatic rings. The fraction of sp³-hybridized carbons (Fsp3) is 0.286. The van der Waals surface area contributed by atoms with Crippen molar-refractivity contribution in [3.63, 3.8) is 0 Å². The smallest absolute Gasteiger partial charge is 0.324 e. The summed E-state index contributed by atoms with van der Waals surface area (Å²) >= 11 is 0. The number of hydrogen-bond donors (Lipinski definition) is 2. The molecule has 1 aromatic carbocycles. The number of ether oxygens (including phenoxy) is 1. The Balaban J connectivity index is 2.12. The monoisotopic (exact) mass is 341 g/mol. The molecule has 0 saturated heterocycles. The maximum atomic E-state index is 13.1. The van der Waals surface area contributed by atoms with Crippen LogP contribution in [0.4, 0.5) is 4.39 Å². The van der Waals surface area contributed by atoms with Crippen molar-refractivity contribution in [2.75, 3.05) is 7.11 Å². The van der Waals surface area contributed by atoms with Gasteiger partial charge in [0.1, 0.15) is 11.9 Å². The van der Waals surface area contributed by atoms with Gasteiger partial charge in [0.2, 0.25) is 10.0 Å². The normalized spacial score (nSPS) is 12.8. The summed E-state index contributed by atoms with van der Waals surface area (Å²) < 4.78 is 44.4. The molecule has 0 saturated carbocycles. The Bertz CT molecular complexity index is 762. The number of nitrogens with one attached hydrogen (secondary N) is 2. The van der Waals surface area contributed by atoms with E-state index in [1.54, 1.807) is 0 Å². The molecule has 1 aromatic heterocycles. The number of nitrogens with zero attached hydrogens (tertiary/aromatic N) is 1. The second-order valence-corrected chi connectivity index (χ2v) is 6.62. The van der Waals surface area contributed by atoms with Crippen LogP contribution in [0.3, 0.4) is 0 Å². The lowest BCUT2D eigenvalue weighted by Crippen LogP contribution is -2.43. The molecular formula is C14H16FN3O4S. The van der Waals surface area contributed by atoms with E-state index in [9.17, 15) is 17.6 Å². The molecule has 2 aromatic rings. The van der Waals surface area contributed by atoms with E-state index in [2.05, 4.69) is 19.4 Å². The van der Waals surface area contributed by atoms with Gasteiger partial charge >= 0.3 is 5.97 Å². The number of halogens is 1. The van der Waals surface area contributed by atoms with Crippen molar-refractivity contribution in [1.29, 1.82) is 0 Å². The summed E-state index contributed by atoms with van der Waals surface area (Å²) in [6.07, 6.45) is 2.97. The summed E-state index contributed by atoms with van der Waals surface area (Å²) in [5.41, 5.74) is 0.858. The van der Waals surface area contributed by atoms with Crippen LogP contribution in [0, 0.1) is 5.82 Å². The highest BCUT2D eigenvalue weighted by atomic mass is 32.2. The quantitative estimate of drug-likeness (QED) is 0.724. The Labute approximate surface area is 132 Å². The highest BCUT2D eigenvalue weighted by Gasteiger charge is 2.26. The minimum absolute atomic E-state index is 0.0645. The van der Waals surface area contributed by atoms with Crippen molar-refractivity contribution in [2.45, 2.75) is 18.2 Å². The van der Waals surface area contributed by atoms with Gasteiger partial charge < -0.3 is 9.72 Å². The Morgan fingerprint density at radius 1 is 1.48 bits per heavy atom. The predicted octanol–water partition coefficient (Wildman–Crippen LogP) is 0.753. The van der Waals surface area contributed by atoms with Crippen LogP contribution < -0.4 is 4.72 Å². The zero-order valence-corrected chi connectivity index (χ0v) is 13.1. The van der Waals surface area contributed by atoms with Gasteiger partial charge in [-0.15, -0.1) is 0 Å². The molecule has 7 nitrogen and oxygen atoms in total. The molecule has 23 heavy (non-hydrogen) atoms. The lowest BCUT2D eigenvalue weighted by molar-refractivity contribution is -0.142. The van der Waals surface area contributed by atoms with E-state index in [4.69, 9.17) is 0 Å². The van der Waals surface area contributed by atoms with Gasteiger partial charge in [-0.1, -0.05) is 12.1 Å². The Morgan fingerprint density at radius 3 is 2.87 bits per heavy atom. The van der Waals surface area contributed by atoms with Gasteiger partial charge in [0.15, 0.2) is 0 Å². The molecule has 0 bridgehead atoms. The number of esters is 1. The molecule has 1 atom stereocenters. The zero-order valence-electron chi connectivity index (χ0n) is 12.3. The molecule has 0 amide bonds. The minimum atomic E-state index is -3.86. The number of sulfonamides is 1. The summed E-state index contributed by atoms with van der Waals surface area (Å²) in [6.45, 7) is 0. The van der Waals surface area contributed by atoms with Gasteiger partial charge in [0.25, 0.3) is 0 Å². The highest BCUT2D eigenvalue weighted by Crippen LogP contribution is 2.09. The lowest BCUT2D eigenvalue weighted by atomic mass is 10.2. The number of aromatic amines is 1. The van der Waals surface area contributed by atoms with Crippen LogP contribution in [0.25, 0.3) is 0 Å². The lowest BCUT2D eigenvalue weighted by Gasteiger charge is -2.16. The molecule has 0 unspecified atom stereocenters. The minimum Gasteiger partial charge on any atom is -0.468 e. The van der Waals surface area contributed by atoms with Gasteiger partial charge in [-0.3, -0.25) is 4.79 Å². The maximum absolute atomic E-state index is 13.1. The van der Waals surface area contributed by atoms with E-state index >= 15 is 0 Å². The molecule has 1 heterocycles. The number of imidazole rings is 1. The summed E-state index contributed by atoms with van der Waals surface area (Å²) in [5, 5.41) is 0. The number of H-pyrrole nitrogens is 1. The molecule has 0 radical (unpaired) electrons. The first kappa shape index (κ1) is 17.1. The third kappa shape index (κ3) is 5.15. The zero-order chi connectivity index (χ0) is 16.9. The second-order valence-electron chi connectivity index (χ2n) is 4.86. The molecular weight excluding hydrogens is 325 g/mol. The predicted molar refractivity (Wildman–Crippen MR) is 80.3 cm³/mol. The van der Waals surface area contributed by atoms with Crippen LogP contribution in [0.15, 0.2) is 36.8 Å². The van der Waals surface area contributed by atoms with Gasteiger partial charge in [-0.2, -0.15) is 0 Å². The first-order valence-corrected chi connectivity index (χ1v) is 8.34. The second kappa shape index (κ2) is 7.34. The van der Waals surface area contributed by atoms with Crippen LogP contribution in [0.1, 0.15) is 11.3 Å². The summed E-state index contributed by atoms with van der Waals surface area (Å²) in [5.74, 6) is -1.69. The fourth-order valence-corrected chi connectivity index (χ4v) is 3.35. The molecule has 2 N–H and O–H groups in total. The number of carbonyl (C=O) groups excluding carboxylic acids is 1. The number of carbonyl (C=O) groups is 1. The molecule has 124 valence electrons. The van der Waals surface area contributed by atoms with Gasteiger partial charge in [-0.25, -0.2) is 22.5 Å². The first-order chi connectivity index (χ1) is 10.9. The van der Waals surface area contributed by atoms with Crippen LogP contribution in [0.5, 0.6) is 0 Å². The van der Waals surface area contributed by atoms with Crippen LogP contribution >= 0.6 is 0 Å². The Kier molecular flexibility index (Phi) is 5.45. The van der Waals surface area contributed by atoms with Crippen LogP contribution in [0.2, 0.25) is 0 Å². The fourth-order valence-electron chi connectivity index (χ4n) is 2.04. The standard InChI is InChI=1S/C14H16FN3O4S/c1-22-14(19)13(6-12-7-16-9-17-12)18-23(20,21)8-10-3-2-4-11(15)5-10/h2-5,7,9,13,18H,6,8H2,1H3,(H,16,17)/t13-/m1/s1. The van der Waals surface area contributed by atoms with Gasteiger partial charge in [0, 0.05) is 18.3 Å². The molecule has 0 aliphatic carbocycles. The highest BCUT2D eigenvalue weighted by molar-refractivity contribution is 7.88. The van der Waals surface area contributed by atoms with E-state index in [1.165, 1.54) is 37.8 Å². The number of methoxy groups -OCH3 is 1. The van der Waals surface area contributed by atoms with E-state index in [0.29, 0.717) is 5.69 Å². The van der Waals surface area contributed by atoms with Crippen molar-refractivity contribution < 1.29 is 22.3 Å². The summed E-state index contributed by atoms with van der Waals surface area (Å²) in [7, 11) is -2.69. The van der Waals surface area contributed by atoms with Gasteiger partial charge in [-0.05, 0) is 17.7 Å².